The summed E-state index contributed by atoms with van der Waals surface area (Å²) in [6.45, 7) is 6.11. The van der Waals surface area contributed by atoms with Gasteiger partial charge in [0, 0.05) is 45.2 Å². The number of piperazine rings is 1. The number of nitrogens with zero attached hydrogens (tertiary/aromatic N) is 3. The van der Waals surface area contributed by atoms with Crippen LogP contribution in [-0.2, 0) is 14.6 Å². The van der Waals surface area contributed by atoms with Crippen molar-refractivity contribution in [1.82, 2.24) is 15.5 Å². The summed E-state index contributed by atoms with van der Waals surface area (Å²) in [5.41, 5.74) is 0.838. The van der Waals surface area contributed by atoms with Crippen LogP contribution in [0.15, 0.2) is 29.3 Å². The van der Waals surface area contributed by atoms with Crippen molar-refractivity contribution in [3.63, 3.8) is 0 Å². The molecular formula is C20H31N5O4S. The average molecular weight is 438 g/mol. The fourth-order valence-corrected chi connectivity index (χ4v) is 5.46. The molecule has 0 spiro atoms. The van der Waals surface area contributed by atoms with E-state index in [-0.39, 0.29) is 35.6 Å². The number of phenols is 1. The SMILES string of the molecule is CCNC(=NCCC(=O)NC1CCS(=O)(=O)C1)N1CCN(c2ccccc2O)CC1. The number of para-hydroxylation sites is 2. The molecule has 1 amide bonds. The zero-order valence-corrected chi connectivity index (χ0v) is 18.2. The molecule has 3 rings (SSSR count). The Morgan fingerprint density at radius 1 is 1.23 bits per heavy atom. The third-order valence-corrected chi connectivity index (χ3v) is 7.10. The van der Waals surface area contributed by atoms with Crippen LogP contribution >= 0.6 is 0 Å². The van der Waals surface area contributed by atoms with E-state index in [0.717, 1.165) is 44.4 Å². The summed E-state index contributed by atoms with van der Waals surface area (Å²) in [6, 6.07) is 7.06. The first-order chi connectivity index (χ1) is 14.4. The van der Waals surface area contributed by atoms with Crippen molar-refractivity contribution in [1.29, 1.82) is 0 Å². The molecule has 0 bridgehead atoms. The van der Waals surface area contributed by atoms with E-state index in [0.29, 0.717) is 13.0 Å². The number of hydrogen-bond donors (Lipinski definition) is 3. The molecule has 1 unspecified atom stereocenters. The van der Waals surface area contributed by atoms with Gasteiger partial charge in [-0.25, -0.2) is 8.42 Å². The van der Waals surface area contributed by atoms with Gasteiger partial charge in [0.1, 0.15) is 5.75 Å². The Balaban J connectivity index is 1.49. The van der Waals surface area contributed by atoms with Gasteiger partial charge in [-0.2, -0.15) is 0 Å². The minimum absolute atomic E-state index is 0.0336. The van der Waals surface area contributed by atoms with Crippen molar-refractivity contribution in [3.05, 3.63) is 24.3 Å². The van der Waals surface area contributed by atoms with Crippen LogP contribution < -0.4 is 15.5 Å². The van der Waals surface area contributed by atoms with Crippen LogP contribution in [0.4, 0.5) is 5.69 Å². The smallest absolute Gasteiger partial charge is 0.222 e. The van der Waals surface area contributed by atoms with Gasteiger partial charge in [-0.05, 0) is 25.5 Å². The van der Waals surface area contributed by atoms with Crippen molar-refractivity contribution in [2.24, 2.45) is 4.99 Å². The molecule has 0 aliphatic carbocycles. The molecule has 3 N–H and O–H groups in total. The number of aromatic hydroxyl groups is 1. The summed E-state index contributed by atoms with van der Waals surface area (Å²) in [5, 5.41) is 16.1. The third-order valence-electron chi connectivity index (χ3n) is 5.33. The summed E-state index contributed by atoms with van der Waals surface area (Å²) in [7, 11) is -3.00. The van der Waals surface area contributed by atoms with Crippen LogP contribution in [-0.4, -0.2) is 87.1 Å². The third kappa shape index (κ3) is 6.01. The Morgan fingerprint density at radius 2 is 1.97 bits per heavy atom. The van der Waals surface area contributed by atoms with Gasteiger partial charge in [-0.3, -0.25) is 9.79 Å². The lowest BCUT2D eigenvalue weighted by molar-refractivity contribution is -0.121. The first-order valence-electron chi connectivity index (χ1n) is 10.4. The molecule has 1 atom stereocenters. The Bertz CT molecular complexity index is 866. The number of sulfone groups is 1. The van der Waals surface area contributed by atoms with Crippen molar-refractivity contribution in [3.8, 4) is 5.75 Å². The standard InChI is InChI=1S/C20H31N5O4S/c1-2-21-20(22-9-7-19(27)23-16-8-14-30(28,29)15-16)25-12-10-24(11-13-25)17-5-3-4-6-18(17)26/h3-6,16,26H,2,7-15H2,1H3,(H,21,22)(H,23,27). The van der Waals surface area contributed by atoms with Crippen molar-refractivity contribution < 1.29 is 18.3 Å². The lowest BCUT2D eigenvalue weighted by Crippen LogP contribution is -2.52. The topological polar surface area (TPSA) is 114 Å². The van der Waals surface area contributed by atoms with E-state index in [4.69, 9.17) is 0 Å². The number of aliphatic imine (C=N–C) groups is 1. The van der Waals surface area contributed by atoms with E-state index in [2.05, 4.69) is 25.4 Å². The second-order valence-electron chi connectivity index (χ2n) is 7.62. The largest absolute Gasteiger partial charge is 0.506 e. The number of phenolic OH excluding ortho intramolecular Hbond substituents is 1. The summed E-state index contributed by atoms with van der Waals surface area (Å²) in [6.07, 6.45) is 0.713. The maximum absolute atomic E-state index is 12.1. The molecule has 30 heavy (non-hydrogen) atoms. The minimum Gasteiger partial charge on any atom is -0.506 e. The van der Waals surface area contributed by atoms with Gasteiger partial charge < -0.3 is 25.5 Å². The summed E-state index contributed by atoms with van der Waals surface area (Å²) in [4.78, 5) is 21.0. The second-order valence-corrected chi connectivity index (χ2v) is 9.84. The molecular weight excluding hydrogens is 406 g/mol. The van der Waals surface area contributed by atoms with E-state index >= 15 is 0 Å². The van der Waals surface area contributed by atoms with Crippen LogP contribution in [0.3, 0.4) is 0 Å². The van der Waals surface area contributed by atoms with Gasteiger partial charge >= 0.3 is 0 Å². The van der Waals surface area contributed by atoms with E-state index in [1.807, 2.05) is 25.1 Å². The van der Waals surface area contributed by atoms with E-state index < -0.39 is 9.84 Å². The molecule has 0 aromatic heterocycles. The molecule has 10 heteroatoms. The zero-order chi connectivity index (χ0) is 21.6. The lowest BCUT2D eigenvalue weighted by atomic mass is 10.2. The van der Waals surface area contributed by atoms with Crippen LogP contribution in [0.2, 0.25) is 0 Å². The predicted molar refractivity (Wildman–Crippen MR) is 118 cm³/mol. The summed E-state index contributed by atoms with van der Waals surface area (Å²) in [5.74, 6) is 1.07. The van der Waals surface area contributed by atoms with Gasteiger partial charge in [0.25, 0.3) is 0 Å². The van der Waals surface area contributed by atoms with Crippen molar-refractivity contribution in [2.45, 2.75) is 25.8 Å². The molecule has 0 radical (unpaired) electrons. The molecule has 9 nitrogen and oxygen atoms in total. The first-order valence-corrected chi connectivity index (χ1v) is 12.3. The highest BCUT2D eigenvalue weighted by Gasteiger charge is 2.28. The fourth-order valence-electron chi connectivity index (χ4n) is 3.79. The summed E-state index contributed by atoms with van der Waals surface area (Å²) < 4.78 is 23.0. The fraction of sp³-hybridized carbons (Fsp3) is 0.600. The van der Waals surface area contributed by atoms with E-state index in [1.54, 1.807) is 6.07 Å². The number of carbonyl (C=O) groups is 1. The first kappa shape index (κ1) is 22.2. The highest BCUT2D eigenvalue weighted by molar-refractivity contribution is 7.91. The number of hydrogen-bond acceptors (Lipinski definition) is 6. The maximum Gasteiger partial charge on any atom is 0.222 e. The van der Waals surface area contributed by atoms with Gasteiger partial charge in [0.2, 0.25) is 5.91 Å². The maximum atomic E-state index is 12.1. The molecule has 2 aliphatic heterocycles. The van der Waals surface area contributed by atoms with Crippen LogP contribution in [0.1, 0.15) is 19.8 Å². The molecule has 0 saturated carbocycles. The average Bonchev–Trinajstić information content (AvgIpc) is 3.06. The Hall–Kier alpha value is -2.49. The Morgan fingerprint density at radius 3 is 2.60 bits per heavy atom. The Labute approximate surface area is 178 Å². The van der Waals surface area contributed by atoms with E-state index in [1.165, 1.54) is 0 Å². The second kappa shape index (κ2) is 10.0. The number of amides is 1. The Kier molecular flexibility index (Phi) is 7.41. The highest BCUT2D eigenvalue weighted by atomic mass is 32.2. The molecule has 2 heterocycles. The number of rotatable bonds is 6. The predicted octanol–water partition coefficient (Wildman–Crippen LogP) is 0.173. The molecule has 2 aliphatic rings. The van der Waals surface area contributed by atoms with Crippen LogP contribution in [0.25, 0.3) is 0 Å². The molecule has 166 valence electrons. The van der Waals surface area contributed by atoms with Crippen LogP contribution in [0.5, 0.6) is 5.75 Å². The normalized spacial score (nSPS) is 21.5. The molecule has 2 fully saturated rings. The van der Waals surface area contributed by atoms with Crippen molar-refractivity contribution in [2.75, 3.05) is 55.7 Å². The van der Waals surface area contributed by atoms with Gasteiger partial charge in [-0.15, -0.1) is 0 Å². The zero-order valence-electron chi connectivity index (χ0n) is 17.4. The molecule has 1 aromatic rings. The quantitative estimate of drug-likeness (QED) is 0.429. The number of anilines is 1. The highest BCUT2D eigenvalue weighted by Crippen LogP contribution is 2.27. The lowest BCUT2D eigenvalue weighted by Gasteiger charge is -2.37. The number of nitrogens with one attached hydrogen (secondary N) is 2. The van der Waals surface area contributed by atoms with Gasteiger partial charge in [-0.1, -0.05) is 12.1 Å². The molecule has 1 aromatic carbocycles. The van der Waals surface area contributed by atoms with Crippen LogP contribution in [0, 0.1) is 0 Å². The number of benzene rings is 1. The molecule has 2 saturated heterocycles. The minimum atomic E-state index is -3.00. The van der Waals surface area contributed by atoms with Gasteiger partial charge in [0.15, 0.2) is 15.8 Å². The monoisotopic (exact) mass is 437 g/mol. The van der Waals surface area contributed by atoms with Crippen molar-refractivity contribution >= 4 is 27.4 Å². The number of carbonyl (C=O) groups excluding carboxylic acids is 1. The van der Waals surface area contributed by atoms with E-state index in [9.17, 15) is 18.3 Å². The summed E-state index contributed by atoms with van der Waals surface area (Å²) >= 11 is 0. The van der Waals surface area contributed by atoms with Gasteiger partial charge in [0.05, 0.1) is 23.7 Å². The number of guanidine groups is 1.